The quantitative estimate of drug-likeness (QED) is 0.135. The Balaban J connectivity index is 1.24. The van der Waals surface area contributed by atoms with Crippen molar-refractivity contribution >= 4 is 45.3 Å². The molecule has 0 radical (unpaired) electrons. The van der Waals surface area contributed by atoms with Gasteiger partial charge in [-0.2, -0.15) is 5.26 Å². The summed E-state index contributed by atoms with van der Waals surface area (Å²) >= 11 is 1.32. The van der Waals surface area contributed by atoms with Crippen LogP contribution in [0.5, 0.6) is 17.2 Å². The molecule has 4 aromatic carbocycles. The Kier molecular flexibility index (Phi) is 8.70. The first kappa shape index (κ1) is 31.4. The summed E-state index contributed by atoms with van der Waals surface area (Å²) in [5.74, 6) is 1.52. The monoisotopic (exact) mass is 647 g/mol. The summed E-state index contributed by atoms with van der Waals surface area (Å²) in [6.07, 6.45) is 0.578. The first-order valence-corrected chi connectivity index (χ1v) is 15.8. The van der Waals surface area contributed by atoms with Crippen LogP contribution < -0.4 is 24.6 Å². The number of carbonyl (C=O) groups excluding carboxylic acids is 2. The van der Waals surface area contributed by atoms with E-state index < -0.39 is 5.60 Å². The lowest BCUT2D eigenvalue weighted by Crippen LogP contribution is -2.36. The fourth-order valence-electron chi connectivity index (χ4n) is 5.66. The summed E-state index contributed by atoms with van der Waals surface area (Å²) in [7, 11) is 7.78. The molecule has 1 amide bonds. The zero-order valence-corrected chi connectivity index (χ0v) is 27.3. The van der Waals surface area contributed by atoms with Gasteiger partial charge in [-0.05, 0) is 61.0 Å². The second kappa shape index (κ2) is 13.0. The average Bonchev–Trinajstić information content (AvgIpc) is 3.50. The van der Waals surface area contributed by atoms with Gasteiger partial charge in [0.05, 0.1) is 16.8 Å². The molecule has 47 heavy (non-hydrogen) atoms. The summed E-state index contributed by atoms with van der Waals surface area (Å²) in [5.41, 5.74) is 3.57. The van der Waals surface area contributed by atoms with E-state index in [1.807, 2.05) is 98.7 Å². The molecule has 10 nitrogen and oxygen atoms in total. The summed E-state index contributed by atoms with van der Waals surface area (Å²) in [6.45, 7) is 1.23. The third kappa shape index (κ3) is 6.03. The molecule has 0 bridgehead atoms. The van der Waals surface area contributed by atoms with E-state index in [0.29, 0.717) is 70.6 Å². The molecule has 1 aliphatic rings. The Morgan fingerprint density at radius 2 is 1.68 bits per heavy atom. The van der Waals surface area contributed by atoms with Crippen LogP contribution in [0.3, 0.4) is 0 Å². The smallest absolute Gasteiger partial charge is 0.294 e. The number of amides is 1. The lowest BCUT2D eigenvalue weighted by atomic mass is 9.77. The van der Waals surface area contributed by atoms with Crippen LogP contribution in [-0.2, 0) is 15.1 Å². The van der Waals surface area contributed by atoms with Gasteiger partial charge in [-0.3, -0.25) is 9.59 Å². The topological polar surface area (TPSA) is 117 Å². The first-order valence-electron chi connectivity index (χ1n) is 15.0. The molecule has 2 heterocycles. The Morgan fingerprint density at radius 1 is 0.979 bits per heavy atom. The van der Waals surface area contributed by atoms with E-state index >= 15 is 0 Å². The molecule has 1 aromatic heterocycles. The number of fused-ring (bicyclic) bond motifs is 3. The number of nitrogens with one attached hydrogen (secondary N) is 1. The summed E-state index contributed by atoms with van der Waals surface area (Å²) < 4.78 is 19.3. The number of aromatic nitrogens is 1. The molecule has 0 fully saturated rings. The van der Waals surface area contributed by atoms with Crippen LogP contribution in [0, 0.1) is 11.3 Å². The Morgan fingerprint density at radius 3 is 2.32 bits per heavy atom. The third-order valence-corrected chi connectivity index (χ3v) is 8.95. The molecule has 11 heteroatoms. The number of benzene rings is 4. The second-order valence-corrected chi connectivity index (χ2v) is 12.5. The van der Waals surface area contributed by atoms with Crippen molar-refractivity contribution in [3.8, 4) is 23.3 Å². The van der Waals surface area contributed by atoms with Crippen molar-refractivity contribution in [2.75, 3.05) is 51.1 Å². The molecule has 1 N–H and O–H groups in total. The molecule has 0 unspecified atom stereocenters. The highest BCUT2D eigenvalue weighted by Crippen LogP contribution is 2.53. The van der Waals surface area contributed by atoms with Crippen LogP contribution in [0.25, 0.3) is 10.2 Å². The summed E-state index contributed by atoms with van der Waals surface area (Å²) in [5, 5.41) is 12.5. The van der Waals surface area contributed by atoms with Gasteiger partial charge in [0.1, 0.15) is 23.3 Å². The van der Waals surface area contributed by atoms with Gasteiger partial charge in [-0.25, -0.2) is 4.98 Å². The molecule has 0 atom stereocenters. The van der Waals surface area contributed by atoms with Crippen LogP contribution in [0.4, 0.5) is 11.4 Å². The van der Waals surface area contributed by atoms with E-state index in [9.17, 15) is 9.59 Å². The van der Waals surface area contributed by atoms with Crippen LogP contribution in [0.2, 0.25) is 0 Å². The number of ether oxygens (including phenoxy) is 3. The standard InChI is InChI=1S/C36H33N5O5S/c1-40(2)25-9-12-28-31(18-25)46-32-19-26(41(3)4)10-13-29(32)36(28,45-22-42)24-8-5-7-23(17-24)35(43)38-15-6-16-44-27-11-14-30-33(20-27)47-34(21-37)39-30/h5,7-14,17-20,22H,6,15-16H2,1-4H3,(H,38,43). The molecule has 0 saturated carbocycles. The maximum absolute atomic E-state index is 13.4. The van der Waals surface area contributed by atoms with Gasteiger partial charge >= 0.3 is 0 Å². The van der Waals surface area contributed by atoms with Gasteiger partial charge in [0, 0.05) is 80.5 Å². The minimum absolute atomic E-state index is 0.262. The van der Waals surface area contributed by atoms with Crippen LogP contribution in [-0.4, -0.2) is 58.7 Å². The van der Waals surface area contributed by atoms with Crippen molar-refractivity contribution in [2.45, 2.75) is 12.0 Å². The van der Waals surface area contributed by atoms with Crippen molar-refractivity contribution in [1.82, 2.24) is 10.3 Å². The fraction of sp³-hybridized carbons (Fsp3) is 0.222. The number of hydrogen-bond donors (Lipinski definition) is 1. The SMILES string of the molecule is CN(C)c1ccc2c(c1)Oc1cc(N(C)C)ccc1C2(OC=O)c1cccc(C(=O)NCCCOc2ccc3nc(C#N)sc3c2)c1. The minimum Gasteiger partial charge on any atom is -0.493 e. The van der Waals surface area contributed by atoms with Gasteiger partial charge in [0.15, 0.2) is 10.6 Å². The van der Waals surface area contributed by atoms with E-state index in [1.54, 1.807) is 18.2 Å². The maximum atomic E-state index is 13.4. The van der Waals surface area contributed by atoms with Gasteiger partial charge in [0.2, 0.25) is 0 Å². The molecular formula is C36H33N5O5S. The molecule has 6 rings (SSSR count). The summed E-state index contributed by atoms with van der Waals surface area (Å²) in [6, 6.07) is 26.2. The van der Waals surface area contributed by atoms with E-state index in [4.69, 9.17) is 19.5 Å². The first-order chi connectivity index (χ1) is 22.7. The highest BCUT2D eigenvalue weighted by molar-refractivity contribution is 7.19. The fourth-order valence-corrected chi connectivity index (χ4v) is 6.45. The lowest BCUT2D eigenvalue weighted by molar-refractivity contribution is -0.137. The number of carbonyl (C=O) groups is 2. The molecular weight excluding hydrogens is 614 g/mol. The number of nitriles is 1. The number of hydrogen-bond acceptors (Lipinski definition) is 10. The zero-order chi connectivity index (χ0) is 33.1. The normalized spacial score (nSPS) is 12.6. The number of thiazole rings is 1. The van der Waals surface area contributed by atoms with Crippen molar-refractivity contribution in [1.29, 1.82) is 5.26 Å². The average molecular weight is 648 g/mol. The van der Waals surface area contributed by atoms with Gasteiger partial charge in [-0.15, -0.1) is 11.3 Å². The molecule has 238 valence electrons. The van der Waals surface area contributed by atoms with Crippen molar-refractivity contribution in [2.24, 2.45) is 0 Å². The predicted octanol–water partition coefficient (Wildman–Crippen LogP) is 6.07. The van der Waals surface area contributed by atoms with Crippen molar-refractivity contribution < 1.29 is 23.8 Å². The number of anilines is 2. The second-order valence-electron chi connectivity index (χ2n) is 11.4. The third-order valence-electron chi connectivity index (χ3n) is 8.03. The van der Waals surface area contributed by atoms with Crippen LogP contribution in [0.1, 0.15) is 38.5 Å². The van der Waals surface area contributed by atoms with Crippen molar-refractivity contribution in [3.63, 3.8) is 0 Å². The van der Waals surface area contributed by atoms with E-state index in [-0.39, 0.29) is 5.91 Å². The van der Waals surface area contributed by atoms with E-state index in [1.165, 1.54) is 11.3 Å². The Bertz CT molecular complexity index is 1960. The molecule has 5 aromatic rings. The van der Waals surface area contributed by atoms with Crippen LogP contribution >= 0.6 is 11.3 Å². The van der Waals surface area contributed by atoms with Crippen LogP contribution in [0.15, 0.2) is 78.9 Å². The largest absolute Gasteiger partial charge is 0.493 e. The van der Waals surface area contributed by atoms with Gasteiger partial charge in [-0.1, -0.05) is 12.1 Å². The lowest BCUT2D eigenvalue weighted by Gasteiger charge is -2.39. The van der Waals surface area contributed by atoms with Crippen molar-refractivity contribution in [3.05, 3.63) is 106 Å². The molecule has 0 aliphatic carbocycles. The highest BCUT2D eigenvalue weighted by Gasteiger charge is 2.46. The molecule has 1 aliphatic heterocycles. The van der Waals surface area contributed by atoms with E-state index in [2.05, 4.69) is 16.4 Å². The summed E-state index contributed by atoms with van der Waals surface area (Å²) in [4.78, 5) is 33.8. The molecule has 0 spiro atoms. The maximum Gasteiger partial charge on any atom is 0.294 e. The zero-order valence-electron chi connectivity index (χ0n) is 26.4. The van der Waals surface area contributed by atoms with E-state index in [0.717, 1.165) is 21.6 Å². The predicted molar refractivity (Wildman–Crippen MR) is 182 cm³/mol. The van der Waals surface area contributed by atoms with Gasteiger partial charge in [0.25, 0.3) is 12.4 Å². The number of rotatable bonds is 11. The minimum atomic E-state index is -1.36. The van der Waals surface area contributed by atoms with Gasteiger partial charge < -0.3 is 29.3 Å². The Labute approximate surface area is 276 Å². The molecule has 0 saturated heterocycles. The highest BCUT2D eigenvalue weighted by atomic mass is 32.1. The Hall–Kier alpha value is -5.60. The number of nitrogens with zero attached hydrogens (tertiary/aromatic N) is 4.